The maximum Gasteiger partial charge on any atom is 0.335 e. The highest BCUT2D eigenvalue weighted by Crippen LogP contribution is 2.25. The van der Waals surface area contributed by atoms with Gasteiger partial charge in [0, 0.05) is 12.6 Å². The molecule has 5 nitrogen and oxygen atoms in total. The van der Waals surface area contributed by atoms with E-state index < -0.39 is 16.0 Å². The van der Waals surface area contributed by atoms with Crippen LogP contribution in [0.2, 0.25) is 0 Å². The molecule has 1 unspecified atom stereocenters. The summed E-state index contributed by atoms with van der Waals surface area (Å²) in [6.45, 7) is 2.59. The largest absolute Gasteiger partial charge is 0.478 e. The van der Waals surface area contributed by atoms with Gasteiger partial charge in [-0.1, -0.05) is 19.1 Å². The molecule has 0 spiro atoms. The zero-order valence-electron chi connectivity index (χ0n) is 11.4. The van der Waals surface area contributed by atoms with E-state index in [1.165, 1.54) is 12.1 Å². The first-order chi connectivity index (χ1) is 9.44. The Kier molecular flexibility index (Phi) is 4.45. The van der Waals surface area contributed by atoms with Crippen LogP contribution >= 0.6 is 0 Å². The molecule has 0 saturated carbocycles. The molecule has 1 aromatic rings. The summed E-state index contributed by atoms with van der Waals surface area (Å²) >= 11 is 0. The van der Waals surface area contributed by atoms with E-state index in [2.05, 4.69) is 0 Å². The lowest BCUT2D eigenvalue weighted by Crippen LogP contribution is -2.35. The van der Waals surface area contributed by atoms with Crippen LogP contribution in [-0.4, -0.2) is 36.4 Å². The summed E-state index contributed by atoms with van der Waals surface area (Å²) in [6.07, 6.45) is 2.67. The van der Waals surface area contributed by atoms with E-state index in [1.54, 1.807) is 16.4 Å². The van der Waals surface area contributed by atoms with Crippen LogP contribution in [0.1, 0.15) is 42.1 Å². The van der Waals surface area contributed by atoms with Gasteiger partial charge in [-0.3, -0.25) is 0 Å². The quantitative estimate of drug-likeness (QED) is 0.903. The molecule has 110 valence electrons. The van der Waals surface area contributed by atoms with Gasteiger partial charge in [0.05, 0.1) is 11.3 Å². The molecule has 1 atom stereocenters. The van der Waals surface area contributed by atoms with Crippen LogP contribution in [-0.2, 0) is 15.8 Å². The van der Waals surface area contributed by atoms with E-state index in [-0.39, 0.29) is 17.4 Å². The standard InChI is InChI=1S/C14H19NO4S/c1-2-13-4-3-9-15(13)20(18,19)10-11-5-7-12(8-6-11)14(16)17/h5-8,13H,2-4,9-10H2,1H3,(H,16,17). The summed E-state index contributed by atoms with van der Waals surface area (Å²) in [5.74, 6) is -1.08. The number of carbonyl (C=O) groups is 1. The van der Waals surface area contributed by atoms with Gasteiger partial charge in [-0.2, -0.15) is 4.31 Å². The Balaban J connectivity index is 2.13. The van der Waals surface area contributed by atoms with Gasteiger partial charge < -0.3 is 5.11 Å². The molecule has 1 N–H and O–H groups in total. The van der Waals surface area contributed by atoms with Crippen molar-refractivity contribution >= 4 is 16.0 Å². The van der Waals surface area contributed by atoms with Crippen LogP contribution in [0.4, 0.5) is 0 Å². The van der Waals surface area contributed by atoms with Gasteiger partial charge in [-0.25, -0.2) is 13.2 Å². The molecule has 0 radical (unpaired) electrons. The van der Waals surface area contributed by atoms with E-state index in [9.17, 15) is 13.2 Å². The zero-order valence-corrected chi connectivity index (χ0v) is 12.3. The molecule has 0 aliphatic carbocycles. The molecule has 6 heteroatoms. The fraction of sp³-hybridized carbons (Fsp3) is 0.500. The number of nitrogens with zero attached hydrogens (tertiary/aromatic N) is 1. The van der Waals surface area contributed by atoms with Crippen molar-refractivity contribution in [1.29, 1.82) is 0 Å². The van der Waals surface area contributed by atoms with Gasteiger partial charge in [0.15, 0.2) is 0 Å². The maximum absolute atomic E-state index is 12.4. The molecule has 1 saturated heterocycles. The van der Waals surface area contributed by atoms with Crippen LogP contribution in [0.25, 0.3) is 0 Å². The lowest BCUT2D eigenvalue weighted by atomic mass is 10.1. The van der Waals surface area contributed by atoms with E-state index in [1.807, 2.05) is 6.92 Å². The van der Waals surface area contributed by atoms with Crippen LogP contribution in [0.3, 0.4) is 0 Å². The summed E-state index contributed by atoms with van der Waals surface area (Å²) in [7, 11) is -3.32. The van der Waals surface area contributed by atoms with E-state index in [4.69, 9.17) is 5.11 Å². The minimum atomic E-state index is -3.32. The zero-order chi connectivity index (χ0) is 14.8. The second kappa shape index (κ2) is 5.93. The Hall–Kier alpha value is -1.40. The molecule has 1 aromatic carbocycles. The van der Waals surface area contributed by atoms with Crippen LogP contribution in [0.15, 0.2) is 24.3 Å². The number of carboxylic acids is 1. The van der Waals surface area contributed by atoms with Crippen LogP contribution in [0.5, 0.6) is 0 Å². The molecule has 1 aliphatic rings. The minimum absolute atomic E-state index is 0.0661. The van der Waals surface area contributed by atoms with Crippen molar-refractivity contribution in [2.45, 2.75) is 38.0 Å². The van der Waals surface area contributed by atoms with Crippen LogP contribution < -0.4 is 0 Å². The number of benzene rings is 1. The fourth-order valence-electron chi connectivity index (χ4n) is 2.62. The van der Waals surface area contributed by atoms with Gasteiger partial charge in [-0.15, -0.1) is 0 Å². The number of hydrogen-bond acceptors (Lipinski definition) is 3. The fourth-order valence-corrected chi connectivity index (χ4v) is 4.52. The van der Waals surface area contributed by atoms with Crippen molar-refractivity contribution in [3.8, 4) is 0 Å². The third-order valence-corrected chi connectivity index (χ3v) is 5.60. The third kappa shape index (κ3) is 3.19. The Morgan fingerprint density at radius 1 is 1.35 bits per heavy atom. The number of aromatic carboxylic acids is 1. The Labute approximate surface area is 119 Å². The second-order valence-electron chi connectivity index (χ2n) is 5.07. The van der Waals surface area contributed by atoms with Crippen molar-refractivity contribution in [1.82, 2.24) is 4.31 Å². The van der Waals surface area contributed by atoms with Crippen LogP contribution in [0, 0.1) is 0 Å². The Morgan fingerprint density at radius 2 is 2.00 bits per heavy atom. The maximum atomic E-state index is 12.4. The summed E-state index contributed by atoms with van der Waals surface area (Å²) in [5.41, 5.74) is 0.788. The van der Waals surface area contributed by atoms with E-state index >= 15 is 0 Å². The van der Waals surface area contributed by atoms with E-state index in [0.29, 0.717) is 12.1 Å². The lowest BCUT2D eigenvalue weighted by Gasteiger charge is -2.23. The summed E-state index contributed by atoms with van der Waals surface area (Å²) in [4.78, 5) is 10.8. The molecule has 1 aliphatic heterocycles. The topological polar surface area (TPSA) is 74.7 Å². The summed E-state index contributed by atoms with van der Waals surface area (Å²) in [6, 6.07) is 6.12. The van der Waals surface area contributed by atoms with Gasteiger partial charge in [-0.05, 0) is 37.0 Å². The van der Waals surface area contributed by atoms with Gasteiger partial charge in [0.25, 0.3) is 0 Å². The third-order valence-electron chi connectivity index (χ3n) is 3.70. The van der Waals surface area contributed by atoms with Crippen molar-refractivity contribution in [2.24, 2.45) is 0 Å². The lowest BCUT2D eigenvalue weighted by molar-refractivity contribution is 0.0697. The number of rotatable bonds is 5. The monoisotopic (exact) mass is 297 g/mol. The highest BCUT2D eigenvalue weighted by atomic mass is 32.2. The Morgan fingerprint density at radius 3 is 2.55 bits per heavy atom. The SMILES string of the molecule is CCC1CCCN1S(=O)(=O)Cc1ccc(C(=O)O)cc1. The van der Waals surface area contributed by atoms with E-state index in [0.717, 1.165) is 19.3 Å². The number of hydrogen-bond donors (Lipinski definition) is 1. The average molecular weight is 297 g/mol. The normalized spacial score (nSPS) is 20.1. The predicted molar refractivity (Wildman–Crippen MR) is 76.0 cm³/mol. The molecule has 1 heterocycles. The average Bonchev–Trinajstić information content (AvgIpc) is 2.88. The van der Waals surface area contributed by atoms with Gasteiger partial charge in [0.2, 0.25) is 10.0 Å². The highest BCUT2D eigenvalue weighted by Gasteiger charge is 2.32. The molecule has 20 heavy (non-hydrogen) atoms. The number of sulfonamides is 1. The molecule has 0 aromatic heterocycles. The molecule has 0 bridgehead atoms. The second-order valence-corrected chi connectivity index (χ2v) is 6.99. The smallest absolute Gasteiger partial charge is 0.335 e. The molecular formula is C14H19NO4S. The first kappa shape index (κ1) is 15.0. The number of carboxylic acid groups (broad SMARTS) is 1. The molecular weight excluding hydrogens is 278 g/mol. The summed E-state index contributed by atoms with van der Waals surface area (Å²) < 4.78 is 26.4. The first-order valence-electron chi connectivity index (χ1n) is 6.76. The Bertz CT molecular complexity index is 580. The van der Waals surface area contributed by atoms with Gasteiger partial charge >= 0.3 is 5.97 Å². The van der Waals surface area contributed by atoms with Crippen molar-refractivity contribution in [2.75, 3.05) is 6.54 Å². The van der Waals surface area contributed by atoms with Crippen molar-refractivity contribution < 1.29 is 18.3 Å². The minimum Gasteiger partial charge on any atom is -0.478 e. The van der Waals surface area contributed by atoms with Crippen molar-refractivity contribution in [3.63, 3.8) is 0 Å². The highest BCUT2D eigenvalue weighted by molar-refractivity contribution is 7.88. The molecule has 0 amide bonds. The molecule has 2 rings (SSSR count). The summed E-state index contributed by atoms with van der Waals surface area (Å²) in [5, 5.41) is 8.82. The molecule has 1 fully saturated rings. The van der Waals surface area contributed by atoms with Gasteiger partial charge in [0.1, 0.15) is 0 Å². The first-order valence-corrected chi connectivity index (χ1v) is 8.36. The van der Waals surface area contributed by atoms with Crippen molar-refractivity contribution in [3.05, 3.63) is 35.4 Å². The predicted octanol–water partition coefficient (Wildman–Crippen LogP) is 2.09.